The zero-order valence-corrected chi connectivity index (χ0v) is 20.5. The molecule has 0 aliphatic rings. The van der Waals surface area contributed by atoms with Crippen LogP contribution in [0.2, 0.25) is 0 Å². The molecule has 0 radical (unpaired) electrons. The topological polar surface area (TPSA) is 40.5 Å². The molecule has 0 fully saturated rings. The van der Waals surface area contributed by atoms with Crippen molar-refractivity contribution in [3.8, 4) is 22.7 Å². The van der Waals surface area contributed by atoms with Crippen LogP contribution >= 0.6 is 15.9 Å². The monoisotopic (exact) mass is 543 g/mol. The highest BCUT2D eigenvalue weighted by Crippen LogP contribution is 2.36. The van der Waals surface area contributed by atoms with Gasteiger partial charge < -0.3 is 14.0 Å². The highest BCUT2D eigenvalue weighted by atomic mass is 79.9. The van der Waals surface area contributed by atoms with Crippen LogP contribution in [0, 0.1) is 24.4 Å². The predicted octanol–water partition coefficient (Wildman–Crippen LogP) is 7.39. The average Bonchev–Trinajstić information content (AvgIpc) is 3.24. The molecule has 0 atom stereocenters. The van der Waals surface area contributed by atoms with Gasteiger partial charge in [0.25, 0.3) is 0 Å². The SMILES string of the molecule is CCOC(=O)c1cccc(-n2c(C)ccc2-c2cc(Br)ccc2OCc2ccc(F)c(F)c2F)c1. The minimum absolute atomic E-state index is 0.105. The van der Waals surface area contributed by atoms with Gasteiger partial charge in [-0.15, -0.1) is 0 Å². The Bertz CT molecular complexity index is 1400. The summed E-state index contributed by atoms with van der Waals surface area (Å²) in [6.07, 6.45) is 0. The summed E-state index contributed by atoms with van der Waals surface area (Å²) >= 11 is 3.48. The first kappa shape index (κ1) is 24.6. The molecule has 0 saturated carbocycles. The number of aromatic nitrogens is 1. The van der Waals surface area contributed by atoms with Crippen molar-refractivity contribution in [3.63, 3.8) is 0 Å². The normalized spacial score (nSPS) is 10.9. The lowest BCUT2D eigenvalue weighted by molar-refractivity contribution is 0.0526. The van der Waals surface area contributed by atoms with E-state index in [0.717, 1.165) is 33.7 Å². The first-order valence-corrected chi connectivity index (χ1v) is 11.6. The Balaban J connectivity index is 1.74. The lowest BCUT2D eigenvalue weighted by Gasteiger charge is -2.17. The van der Waals surface area contributed by atoms with Crippen LogP contribution in [0.25, 0.3) is 16.9 Å². The van der Waals surface area contributed by atoms with Crippen molar-refractivity contribution in [3.05, 3.63) is 105 Å². The Morgan fingerprint density at radius 3 is 2.54 bits per heavy atom. The van der Waals surface area contributed by atoms with E-state index in [2.05, 4.69) is 15.9 Å². The maximum Gasteiger partial charge on any atom is 0.338 e. The lowest BCUT2D eigenvalue weighted by atomic mass is 10.1. The van der Waals surface area contributed by atoms with Crippen LogP contribution < -0.4 is 4.74 Å². The van der Waals surface area contributed by atoms with Gasteiger partial charge >= 0.3 is 5.97 Å². The highest BCUT2D eigenvalue weighted by molar-refractivity contribution is 9.10. The van der Waals surface area contributed by atoms with Crippen molar-refractivity contribution in [2.24, 2.45) is 0 Å². The van der Waals surface area contributed by atoms with Crippen molar-refractivity contribution < 1.29 is 27.4 Å². The quantitative estimate of drug-likeness (QED) is 0.180. The molecule has 0 aliphatic heterocycles. The molecule has 0 aliphatic carbocycles. The first-order valence-electron chi connectivity index (χ1n) is 10.8. The third-order valence-corrected chi connectivity index (χ3v) is 5.90. The summed E-state index contributed by atoms with van der Waals surface area (Å²) in [5.41, 5.74) is 3.39. The second kappa shape index (κ2) is 10.4. The average molecular weight is 544 g/mol. The number of rotatable bonds is 7. The van der Waals surface area contributed by atoms with E-state index in [-0.39, 0.29) is 18.8 Å². The second-order valence-electron chi connectivity index (χ2n) is 7.73. The number of hydrogen-bond donors (Lipinski definition) is 0. The standard InChI is InChI=1S/C27H21BrF3NO3/c1-3-34-27(33)17-5-4-6-20(13-17)32-16(2)7-11-23(32)21-14-19(28)9-12-24(21)35-15-18-8-10-22(29)26(31)25(18)30/h4-14H,3,15H2,1-2H3. The molecule has 0 amide bonds. The van der Waals surface area contributed by atoms with E-state index in [0.29, 0.717) is 16.9 Å². The molecule has 8 heteroatoms. The molecule has 3 aromatic carbocycles. The molecule has 4 nitrogen and oxygen atoms in total. The Hall–Kier alpha value is -3.52. The summed E-state index contributed by atoms with van der Waals surface area (Å²) in [5.74, 6) is -4.07. The van der Waals surface area contributed by atoms with Gasteiger partial charge in [0.15, 0.2) is 17.5 Å². The molecule has 0 N–H and O–H groups in total. The van der Waals surface area contributed by atoms with E-state index in [9.17, 15) is 18.0 Å². The van der Waals surface area contributed by atoms with Gasteiger partial charge in [0, 0.05) is 27.0 Å². The second-order valence-corrected chi connectivity index (χ2v) is 8.65. The maximum absolute atomic E-state index is 14.2. The summed E-state index contributed by atoms with van der Waals surface area (Å²) in [5, 5.41) is 0. The Kier molecular flexibility index (Phi) is 7.31. The largest absolute Gasteiger partial charge is 0.488 e. The zero-order valence-electron chi connectivity index (χ0n) is 18.9. The molecular formula is C27H21BrF3NO3. The molecule has 4 rings (SSSR count). The molecule has 1 aromatic heterocycles. The molecule has 35 heavy (non-hydrogen) atoms. The molecule has 1 heterocycles. The first-order chi connectivity index (χ1) is 16.8. The van der Waals surface area contributed by atoms with Crippen LogP contribution in [0.3, 0.4) is 0 Å². The molecule has 0 saturated heterocycles. The van der Waals surface area contributed by atoms with Crippen molar-refractivity contribution in [2.45, 2.75) is 20.5 Å². The van der Waals surface area contributed by atoms with Crippen LogP contribution in [-0.2, 0) is 11.3 Å². The van der Waals surface area contributed by atoms with Gasteiger partial charge in [-0.3, -0.25) is 0 Å². The van der Waals surface area contributed by atoms with Gasteiger partial charge in [0.2, 0.25) is 0 Å². The van der Waals surface area contributed by atoms with Crippen LogP contribution in [-0.4, -0.2) is 17.1 Å². The fraction of sp³-hybridized carbons (Fsp3) is 0.148. The number of carbonyl (C=O) groups excluding carboxylic acids is 1. The van der Waals surface area contributed by atoms with E-state index in [1.165, 1.54) is 0 Å². The van der Waals surface area contributed by atoms with Crippen LogP contribution in [0.15, 0.2) is 71.2 Å². The third kappa shape index (κ3) is 5.12. The fourth-order valence-electron chi connectivity index (χ4n) is 3.74. The van der Waals surface area contributed by atoms with Gasteiger partial charge in [-0.05, 0) is 74.5 Å². The van der Waals surface area contributed by atoms with Crippen LogP contribution in [0.5, 0.6) is 5.75 Å². The van der Waals surface area contributed by atoms with Crippen molar-refractivity contribution in [2.75, 3.05) is 6.61 Å². The number of carbonyl (C=O) groups is 1. The summed E-state index contributed by atoms with van der Waals surface area (Å²) in [6, 6.07) is 18.2. The number of benzene rings is 3. The van der Waals surface area contributed by atoms with E-state index in [1.807, 2.05) is 35.8 Å². The molecule has 180 valence electrons. The smallest absolute Gasteiger partial charge is 0.338 e. The van der Waals surface area contributed by atoms with Gasteiger partial charge in [0.1, 0.15) is 12.4 Å². The summed E-state index contributed by atoms with van der Waals surface area (Å²) < 4.78 is 54.8. The van der Waals surface area contributed by atoms with E-state index in [1.54, 1.807) is 37.3 Å². The number of esters is 1. The number of nitrogens with zero attached hydrogens (tertiary/aromatic N) is 1. The minimum atomic E-state index is -1.53. The maximum atomic E-state index is 14.2. The van der Waals surface area contributed by atoms with Crippen molar-refractivity contribution in [1.82, 2.24) is 4.57 Å². The number of halogens is 4. The molecule has 0 bridgehead atoms. The molecular weight excluding hydrogens is 523 g/mol. The Labute approximate surface area is 209 Å². The van der Waals surface area contributed by atoms with E-state index >= 15 is 0 Å². The number of aryl methyl sites for hydroxylation is 1. The van der Waals surface area contributed by atoms with Gasteiger partial charge in [-0.1, -0.05) is 22.0 Å². The summed E-state index contributed by atoms with van der Waals surface area (Å²) in [7, 11) is 0. The van der Waals surface area contributed by atoms with Crippen molar-refractivity contribution >= 4 is 21.9 Å². The summed E-state index contributed by atoms with van der Waals surface area (Å²) in [6.45, 7) is 3.65. The van der Waals surface area contributed by atoms with Gasteiger partial charge in [-0.25, -0.2) is 18.0 Å². The molecule has 0 spiro atoms. The van der Waals surface area contributed by atoms with E-state index in [4.69, 9.17) is 9.47 Å². The highest BCUT2D eigenvalue weighted by Gasteiger charge is 2.18. The molecule has 0 unspecified atom stereocenters. The number of ether oxygens (including phenoxy) is 2. The van der Waals surface area contributed by atoms with Gasteiger partial charge in [-0.2, -0.15) is 0 Å². The predicted molar refractivity (Wildman–Crippen MR) is 130 cm³/mol. The third-order valence-electron chi connectivity index (χ3n) is 5.41. The Morgan fingerprint density at radius 1 is 0.971 bits per heavy atom. The van der Waals surface area contributed by atoms with Gasteiger partial charge in [0.05, 0.1) is 17.9 Å². The Morgan fingerprint density at radius 2 is 1.77 bits per heavy atom. The van der Waals surface area contributed by atoms with Crippen LogP contribution in [0.1, 0.15) is 28.5 Å². The molecule has 4 aromatic rings. The van der Waals surface area contributed by atoms with Crippen molar-refractivity contribution in [1.29, 1.82) is 0 Å². The zero-order chi connectivity index (χ0) is 25.1. The number of hydrogen-bond acceptors (Lipinski definition) is 3. The van der Waals surface area contributed by atoms with E-state index < -0.39 is 23.4 Å². The fourth-order valence-corrected chi connectivity index (χ4v) is 4.10. The lowest BCUT2D eigenvalue weighted by Crippen LogP contribution is -2.07. The minimum Gasteiger partial charge on any atom is -0.488 e. The summed E-state index contributed by atoms with van der Waals surface area (Å²) in [4.78, 5) is 12.3. The van der Waals surface area contributed by atoms with Crippen LogP contribution in [0.4, 0.5) is 13.2 Å².